The van der Waals surface area contributed by atoms with Crippen LogP contribution in [-0.4, -0.2) is 69.8 Å². The van der Waals surface area contributed by atoms with Gasteiger partial charge in [-0.1, -0.05) is 11.6 Å². The fourth-order valence-electron chi connectivity index (χ4n) is 2.57. The van der Waals surface area contributed by atoms with Crippen LogP contribution in [0.15, 0.2) is 16.3 Å². The van der Waals surface area contributed by atoms with Crippen LogP contribution >= 0.6 is 22.9 Å². The minimum absolute atomic E-state index is 0.0661. The molecule has 1 aliphatic rings. The van der Waals surface area contributed by atoms with Crippen LogP contribution < -0.4 is 4.90 Å². The fraction of sp³-hybridized carbons (Fsp3) is 0.615. The molecule has 1 amide bonds. The summed E-state index contributed by atoms with van der Waals surface area (Å²) in [6, 6.07) is 2.98. The van der Waals surface area contributed by atoms with E-state index in [1.807, 2.05) is 6.92 Å². The summed E-state index contributed by atoms with van der Waals surface area (Å²) >= 11 is 6.90. The van der Waals surface area contributed by atoms with Gasteiger partial charge in [0.15, 0.2) is 6.04 Å². The molecular formula is C13H21ClN3O3S2+. The van der Waals surface area contributed by atoms with Crippen molar-refractivity contribution in [3.05, 3.63) is 16.5 Å². The molecule has 1 saturated heterocycles. The van der Waals surface area contributed by atoms with Crippen LogP contribution in [0.2, 0.25) is 4.34 Å². The van der Waals surface area contributed by atoms with Gasteiger partial charge in [-0.3, -0.25) is 4.79 Å². The zero-order valence-electron chi connectivity index (χ0n) is 12.9. The third-order valence-electron chi connectivity index (χ3n) is 3.93. The number of carbonyl (C=O) groups excluding carboxylic acids is 1. The van der Waals surface area contributed by atoms with Gasteiger partial charge >= 0.3 is 0 Å². The van der Waals surface area contributed by atoms with Gasteiger partial charge < -0.3 is 9.80 Å². The highest BCUT2D eigenvalue weighted by molar-refractivity contribution is 7.91. The van der Waals surface area contributed by atoms with E-state index < -0.39 is 10.0 Å². The van der Waals surface area contributed by atoms with Crippen LogP contribution in [0.4, 0.5) is 0 Å². The maximum absolute atomic E-state index is 12.5. The smallest absolute Gasteiger partial charge is 0.280 e. The van der Waals surface area contributed by atoms with E-state index in [-0.39, 0.29) is 16.2 Å². The third kappa shape index (κ3) is 3.62. The van der Waals surface area contributed by atoms with Gasteiger partial charge in [-0.05, 0) is 19.1 Å². The summed E-state index contributed by atoms with van der Waals surface area (Å²) in [5.74, 6) is 0.0661. The number of rotatable bonds is 4. The van der Waals surface area contributed by atoms with Crippen LogP contribution in [0.3, 0.4) is 0 Å². The van der Waals surface area contributed by atoms with Crippen LogP contribution in [0.1, 0.15) is 6.92 Å². The first-order valence-electron chi connectivity index (χ1n) is 7.04. The summed E-state index contributed by atoms with van der Waals surface area (Å²) in [4.78, 5) is 14.7. The van der Waals surface area contributed by atoms with Crippen molar-refractivity contribution in [2.75, 3.05) is 40.3 Å². The van der Waals surface area contributed by atoms with Gasteiger partial charge in [0.2, 0.25) is 0 Å². The number of likely N-dealkylation sites (N-methyl/N-ethyl adjacent to an activating group) is 1. The SMILES string of the molecule is C[C@H](C(=O)N(C)C)[NH+]1CCN(S(=O)(=O)c2ccc(Cl)s2)CC1. The summed E-state index contributed by atoms with van der Waals surface area (Å²) in [5, 5.41) is 0. The second kappa shape index (κ2) is 6.84. The monoisotopic (exact) mass is 366 g/mol. The number of amides is 1. The minimum Gasteiger partial charge on any atom is -0.344 e. The van der Waals surface area contributed by atoms with Gasteiger partial charge in [0.1, 0.15) is 4.21 Å². The molecule has 1 aromatic heterocycles. The zero-order chi connectivity index (χ0) is 16.5. The lowest BCUT2D eigenvalue weighted by Crippen LogP contribution is -3.19. The second-order valence-corrected chi connectivity index (χ2v) is 9.46. The average Bonchev–Trinajstić information content (AvgIpc) is 2.93. The van der Waals surface area contributed by atoms with Crippen molar-refractivity contribution in [1.29, 1.82) is 0 Å². The highest BCUT2D eigenvalue weighted by Gasteiger charge is 2.35. The molecular weight excluding hydrogens is 346 g/mol. The standard InChI is InChI=1S/C13H20ClN3O3S2/c1-10(13(18)15(2)3)16-6-8-17(9-7-16)22(19,20)12-5-4-11(14)21-12/h4-5,10H,6-9H2,1-3H3/p+1/t10-/m1/s1. The lowest BCUT2D eigenvalue weighted by molar-refractivity contribution is -0.917. The molecule has 0 saturated carbocycles. The molecule has 0 radical (unpaired) electrons. The maximum atomic E-state index is 12.5. The fourth-order valence-corrected chi connectivity index (χ4v) is 5.65. The van der Waals surface area contributed by atoms with Crippen molar-refractivity contribution in [3.8, 4) is 0 Å². The molecule has 0 spiro atoms. The first kappa shape index (κ1) is 17.7. The summed E-state index contributed by atoms with van der Waals surface area (Å²) in [6.07, 6.45) is 0. The minimum atomic E-state index is -3.47. The number of quaternary nitrogens is 1. The molecule has 1 fully saturated rings. The number of thiophene rings is 1. The average molecular weight is 367 g/mol. The number of nitrogens with one attached hydrogen (secondary N) is 1. The Morgan fingerprint density at radius 2 is 1.95 bits per heavy atom. The van der Waals surface area contributed by atoms with Crippen molar-refractivity contribution in [2.45, 2.75) is 17.2 Å². The van der Waals surface area contributed by atoms with Gasteiger partial charge in [0.05, 0.1) is 30.5 Å². The third-order valence-corrected chi connectivity index (χ3v) is 7.53. The Labute approximate surface area is 140 Å². The molecule has 0 aliphatic carbocycles. The van der Waals surface area contributed by atoms with E-state index in [1.165, 1.54) is 4.31 Å². The molecule has 1 aliphatic heterocycles. The van der Waals surface area contributed by atoms with E-state index in [0.29, 0.717) is 30.5 Å². The molecule has 124 valence electrons. The normalized spacial score (nSPS) is 19.1. The summed E-state index contributed by atoms with van der Waals surface area (Å²) in [7, 11) is 0.00308. The van der Waals surface area contributed by atoms with E-state index in [4.69, 9.17) is 11.6 Å². The van der Waals surface area contributed by atoms with Gasteiger partial charge in [-0.25, -0.2) is 8.42 Å². The van der Waals surface area contributed by atoms with Crippen LogP contribution in [0, 0.1) is 0 Å². The Kier molecular flexibility index (Phi) is 5.50. The predicted molar refractivity (Wildman–Crippen MR) is 86.9 cm³/mol. The lowest BCUT2D eigenvalue weighted by atomic mass is 10.2. The molecule has 1 N–H and O–H groups in total. The number of hydrogen-bond acceptors (Lipinski definition) is 4. The van der Waals surface area contributed by atoms with Crippen molar-refractivity contribution in [1.82, 2.24) is 9.21 Å². The molecule has 6 nitrogen and oxygen atoms in total. The van der Waals surface area contributed by atoms with Crippen LogP contribution in [0.5, 0.6) is 0 Å². The van der Waals surface area contributed by atoms with Crippen molar-refractivity contribution >= 4 is 38.9 Å². The molecule has 0 unspecified atom stereocenters. The molecule has 0 bridgehead atoms. The number of piperazine rings is 1. The summed E-state index contributed by atoms with van der Waals surface area (Å²) in [6.45, 7) is 3.97. The number of halogens is 1. The number of sulfonamides is 1. The summed E-state index contributed by atoms with van der Waals surface area (Å²) < 4.78 is 27.2. The van der Waals surface area contributed by atoms with Crippen molar-refractivity contribution in [2.24, 2.45) is 0 Å². The van der Waals surface area contributed by atoms with E-state index in [2.05, 4.69) is 0 Å². The molecule has 22 heavy (non-hydrogen) atoms. The van der Waals surface area contributed by atoms with Crippen molar-refractivity contribution in [3.63, 3.8) is 0 Å². The Balaban J connectivity index is 2.02. The van der Waals surface area contributed by atoms with Crippen LogP contribution in [-0.2, 0) is 14.8 Å². The van der Waals surface area contributed by atoms with Gasteiger partial charge in [0.25, 0.3) is 15.9 Å². The van der Waals surface area contributed by atoms with Crippen molar-refractivity contribution < 1.29 is 18.1 Å². The lowest BCUT2D eigenvalue weighted by Gasteiger charge is -2.34. The first-order chi connectivity index (χ1) is 10.2. The molecule has 2 rings (SSSR count). The Morgan fingerprint density at radius 1 is 1.36 bits per heavy atom. The topological polar surface area (TPSA) is 62.1 Å². The molecule has 2 heterocycles. The van der Waals surface area contributed by atoms with E-state index in [0.717, 1.165) is 16.2 Å². The van der Waals surface area contributed by atoms with E-state index >= 15 is 0 Å². The van der Waals surface area contributed by atoms with Gasteiger partial charge in [0, 0.05) is 14.1 Å². The number of hydrogen-bond donors (Lipinski definition) is 1. The van der Waals surface area contributed by atoms with Gasteiger partial charge in [-0.15, -0.1) is 11.3 Å². The number of nitrogens with zero attached hydrogens (tertiary/aromatic N) is 2. The first-order valence-corrected chi connectivity index (χ1v) is 9.68. The Hall–Kier alpha value is -0.670. The zero-order valence-corrected chi connectivity index (χ0v) is 15.3. The maximum Gasteiger partial charge on any atom is 0.280 e. The highest BCUT2D eigenvalue weighted by Crippen LogP contribution is 2.27. The van der Waals surface area contributed by atoms with E-state index in [9.17, 15) is 13.2 Å². The molecule has 0 aromatic carbocycles. The predicted octanol–water partition coefficient (Wildman–Crippen LogP) is -0.233. The summed E-state index contributed by atoms with van der Waals surface area (Å²) in [5.41, 5.74) is 0. The second-order valence-electron chi connectivity index (χ2n) is 5.58. The van der Waals surface area contributed by atoms with E-state index in [1.54, 1.807) is 31.1 Å². The highest BCUT2D eigenvalue weighted by atomic mass is 35.5. The molecule has 1 aromatic rings. The quantitative estimate of drug-likeness (QED) is 0.800. The Morgan fingerprint density at radius 3 is 2.41 bits per heavy atom. The number of carbonyl (C=O) groups is 1. The Bertz CT molecular complexity index is 637. The molecule has 1 atom stereocenters. The van der Waals surface area contributed by atoms with Gasteiger partial charge in [-0.2, -0.15) is 4.31 Å². The molecule has 9 heteroatoms. The largest absolute Gasteiger partial charge is 0.344 e. The van der Waals surface area contributed by atoms with Crippen LogP contribution in [0.25, 0.3) is 0 Å².